The van der Waals surface area contributed by atoms with Crippen LogP contribution in [0.3, 0.4) is 0 Å². The lowest BCUT2D eigenvalue weighted by molar-refractivity contribution is 0.103. The molecule has 0 N–H and O–H groups in total. The Labute approximate surface area is 131 Å². The van der Waals surface area contributed by atoms with Crippen molar-refractivity contribution in [3.8, 4) is 5.75 Å². The fourth-order valence-electron chi connectivity index (χ4n) is 1.99. The van der Waals surface area contributed by atoms with Crippen molar-refractivity contribution in [3.05, 3.63) is 62.1 Å². The molecule has 0 heterocycles. The molecule has 0 bridgehead atoms. The molecule has 0 spiro atoms. The van der Waals surface area contributed by atoms with Crippen molar-refractivity contribution in [2.45, 2.75) is 13.8 Å². The summed E-state index contributed by atoms with van der Waals surface area (Å²) in [4.78, 5) is 12.7. The first-order valence-corrected chi connectivity index (χ1v) is 7.26. The summed E-state index contributed by atoms with van der Waals surface area (Å²) in [6, 6.07) is 8.93. The number of benzene rings is 2. The second kappa shape index (κ2) is 5.98. The van der Waals surface area contributed by atoms with Crippen LogP contribution in [0.25, 0.3) is 0 Å². The molecule has 0 aliphatic carbocycles. The summed E-state index contributed by atoms with van der Waals surface area (Å²) in [6.45, 7) is 3.84. The van der Waals surface area contributed by atoms with Crippen LogP contribution in [0.1, 0.15) is 27.0 Å². The molecule has 2 rings (SSSR count). The first kappa shape index (κ1) is 15.1. The summed E-state index contributed by atoms with van der Waals surface area (Å²) in [5.74, 6) is 0.470. The quantitative estimate of drug-likeness (QED) is 0.729. The number of ketones is 1. The van der Waals surface area contributed by atoms with Gasteiger partial charge in [0.1, 0.15) is 5.75 Å². The smallest absolute Gasteiger partial charge is 0.197 e. The van der Waals surface area contributed by atoms with Gasteiger partial charge in [0.15, 0.2) is 5.78 Å². The maximum atomic E-state index is 12.7. The van der Waals surface area contributed by atoms with Crippen LogP contribution in [0.4, 0.5) is 0 Å². The molecule has 0 unspecified atom stereocenters. The highest BCUT2D eigenvalue weighted by Gasteiger charge is 2.18. The van der Waals surface area contributed by atoms with Crippen LogP contribution in [0.15, 0.2) is 34.8 Å². The van der Waals surface area contributed by atoms with E-state index in [1.165, 1.54) is 0 Å². The van der Waals surface area contributed by atoms with Gasteiger partial charge < -0.3 is 4.74 Å². The molecule has 0 aliphatic heterocycles. The number of rotatable bonds is 3. The van der Waals surface area contributed by atoms with Crippen molar-refractivity contribution in [1.29, 1.82) is 0 Å². The van der Waals surface area contributed by atoms with Crippen molar-refractivity contribution in [2.75, 3.05) is 7.11 Å². The Bertz CT molecular complexity index is 680. The molecule has 20 heavy (non-hydrogen) atoms. The van der Waals surface area contributed by atoms with Crippen LogP contribution in [0.5, 0.6) is 5.75 Å². The number of carbonyl (C=O) groups is 1. The third-order valence-electron chi connectivity index (χ3n) is 3.17. The normalized spacial score (nSPS) is 10.4. The lowest BCUT2D eigenvalue weighted by atomic mass is 9.97. The number of methoxy groups -OCH3 is 1. The van der Waals surface area contributed by atoms with Gasteiger partial charge in [-0.05, 0) is 49.2 Å². The van der Waals surface area contributed by atoms with Gasteiger partial charge in [-0.3, -0.25) is 4.79 Å². The zero-order valence-electron chi connectivity index (χ0n) is 11.5. The number of aryl methyl sites for hydroxylation is 2. The van der Waals surface area contributed by atoms with Gasteiger partial charge in [-0.25, -0.2) is 0 Å². The Morgan fingerprint density at radius 3 is 2.45 bits per heavy atom. The van der Waals surface area contributed by atoms with E-state index in [4.69, 9.17) is 16.3 Å². The Morgan fingerprint density at radius 1 is 1.10 bits per heavy atom. The fourth-order valence-corrected chi connectivity index (χ4v) is 2.50. The summed E-state index contributed by atoms with van der Waals surface area (Å²) >= 11 is 9.44. The largest absolute Gasteiger partial charge is 0.496 e. The lowest BCUT2D eigenvalue weighted by Crippen LogP contribution is -2.06. The van der Waals surface area contributed by atoms with Crippen molar-refractivity contribution in [3.63, 3.8) is 0 Å². The molecule has 0 aliphatic rings. The molecule has 104 valence electrons. The predicted octanol–water partition coefficient (Wildman–Crippen LogP) is 4.96. The van der Waals surface area contributed by atoms with Gasteiger partial charge in [-0.2, -0.15) is 0 Å². The van der Waals surface area contributed by atoms with E-state index in [-0.39, 0.29) is 5.78 Å². The molecular weight excluding hydrogens is 340 g/mol. The first-order chi connectivity index (χ1) is 9.43. The molecule has 4 heteroatoms. The van der Waals surface area contributed by atoms with Crippen LogP contribution in [-0.2, 0) is 0 Å². The molecule has 0 fully saturated rings. The van der Waals surface area contributed by atoms with Crippen LogP contribution >= 0.6 is 27.5 Å². The Hall–Kier alpha value is -1.32. The molecule has 0 amide bonds. The number of halogens is 2. The van der Waals surface area contributed by atoms with Crippen molar-refractivity contribution >= 4 is 33.3 Å². The maximum absolute atomic E-state index is 12.7. The second-order valence-electron chi connectivity index (χ2n) is 4.59. The van der Waals surface area contributed by atoms with Crippen molar-refractivity contribution < 1.29 is 9.53 Å². The summed E-state index contributed by atoms with van der Waals surface area (Å²) in [7, 11) is 1.56. The highest BCUT2D eigenvalue weighted by atomic mass is 79.9. The van der Waals surface area contributed by atoms with Gasteiger partial charge in [-0.15, -0.1) is 0 Å². The topological polar surface area (TPSA) is 26.3 Å². The van der Waals surface area contributed by atoms with Gasteiger partial charge in [0.2, 0.25) is 0 Å². The monoisotopic (exact) mass is 352 g/mol. The van der Waals surface area contributed by atoms with E-state index in [1.54, 1.807) is 25.3 Å². The number of carbonyl (C=O) groups excluding carboxylic acids is 1. The van der Waals surface area contributed by atoms with E-state index in [9.17, 15) is 4.79 Å². The fraction of sp³-hybridized carbons (Fsp3) is 0.188. The number of hydrogen-bond acceptors (Lipinski definition) is 2. The summed E-state index contributed by atoms with van der Waals surface area (Å²) < 4.78 is 6.20. The van der Waals surface area contributed by atoms with Gasteiger partial charge in [0, 0.05) is 15.1 Å². The van der Waals surface area contributed by atoms with Crippen molar-refractivity contribution in [2.24, 2.45) is 0 Å². The molecule has 2 aromatic carbocycles. The summed E-state index contributed by atoms with van der Waals surface area (Å²) in [6.07, 6.45) is 0. The third-order valence-corrected chi connectivity index (χ3v) is 4.26. The lowest BCUT2D eigenvalue weighted by Gasteiger charge is -2.12. The van der Waals surface area contributed by atoms with Crippen LogP contribution < -0.4 is 4.74 Å². The summed E-state index contributed by atoms with van der Waals surface area (Å²) in [5.41, 5.74) is 3.02. The molecule has 0 atom stereocenters. The Kier molecular flexibility index (Phi) is 4.51. The number of ether oxygens (including phenoxy) is 1. The van der Waals surface area contributed by atoms with Gasteiger partial charge in [0.05, 0.1) is 12.7 Å². The molecule has 0 saturated carbocycles. The van der Waals surface area contributed by atoms with E-state index < -0.39 is 0 Å². The SMILES string of the molecule is COc1cc(C)c(Br)cc1C(=O)c1cc(Cl)ccc1C. The average Bonchev–Trinajstić information content (AvgIpc) is 2.43. The minimum Gasteiger partial charge on any atom is -0.496 e. The van der Waals surface area contributed by atoms with Crippen LogP contribution in [-0.4, -0.2) is 12.9 Å². The van der Waals surface area contributed by atoms with E-state index in [0.29, 0.717) is 21.9 Å². The zero-order valence-corrected chi connectivity index (χ0v) is 13.8. The van der Waals surface area contributed by atoms with E-state index in [2.05, 4.69) is 15.9 Å². The van der Waals surface area contributed by atoms with Crippen molar-refractivity contribution in [1.82, 2.24) is 0 Å². The molecule has 2 nitrogen and oxygen atoms in total. The highest BCUT2D eigenvalue weighted by Crippen LogP contribution is 2.30. The minimum atomic E-state index is -0.0949. The molecule has 2 aromatic rings. The third kappa shape index (κ3) is 2.89. The van der Waals surface area contributed by atoms with Gasteiger partial charge in [0.25, 0.3) is 0 Å². The standard InChI is InChI=1S/C16H14BrClO2/c1-9-4-5-11(18)7-12(9)16(19)13-8-14(17)10(2)6-15(13)20-3/h4-8H,1-3H3. The van der Waals surface area contributed by atoms with Crippen LogP contribution in [0, 0.1) is 13.8 Å². The molecular formula is C16H14BrClO2. The molecule has 0 saturated heterocycles. The second-order valence-corrected chi connectivity index (χ2v) is 5.88. The Morgan fingerprint density at radius 2 is 1.80 bits per heavy atom. The Balaban J connectivity index is 2.58. The maximum Gasteiger partial charge on any atom is 0.197 e. The summed E-state index contributed by atoms with van der Waals surface area (Å²) in [5, 5.41) is 0.545. The zero-order chi connectivity index (χ0) is 14.9. The highest BCUT2D eigenvalue weighted by molar-refractivity contribution is 9.10. The average molecular weight is 354 g/mol. The first-order valence-electron chi connectivity index (χ1n) is 6.09. The molecule has 0 radical (unpaired) electrons. The number of hydrogen-bond donors (Lipinski definition) is 0. The van der Waals surface area contributed by atoms with Gasteiger partial charge >= 0.3 is 0 Å². The van der Waals surface area contributed by atoms with Gasteiger partial charge in [-0.1, -0.05) is 33.6 Å². The van der Waals surface area contributed by atoms with Crippen LogP contribution in [0.2, 0.25) is 5.02 Å². The minimum absolute atomic E-state index is 0.0949. The predicted molar refractivity (Wildman–Crippen MR) is 85.1 cm³/mol. The van der Waals surface area contributed by atoms with E-state index in [0.717, 1.165) is 15.6 Å². The molecule has 0 aromatic heterocycles. The van der Waals surface area contributed by atoms with E-state index >= 15 is 0 Å². The van der Waals surface area contributed by atoms with E-state index in [1.807, 2.05) is 26.0 Å².